The molecule has 1 saturated heterocycles. The van der Waals surface area contributed by atoms with Crippen LogP contribution in [0.25, 0.3) is 5.76 Å². The maximum atomic E-state index is 13.3. The molecule has 2 aromatic carbocycles. The van der Waals surface area contributed by atoms with Crippen LogP contribution in [0.5, 0.6) is 17.2 Å². The molecule has 1 N–H and O–H groups in total. The Morgan fingerprint density at radius 3 is 2.62 bits per heavy atom. The number of benzene rings is 2. The number of ether oxygens (including phenoxy) is 3. The molecule has 37 heavy (non-hydrogen) atoms. The zero-order valence-corrected chi connectivity index (χ0v) is 20.8. The molecular weight excluding hydrogens is 474 g/mol. The SMILES string of the molecule is CC(C)CCOc1cccc([C@@H]2C(=C(O)c3ccc4c(c3)OCCO4)C(=O)C(=O)N2Cc2ccco2)c1. The van der Waals surface area contributed by atoms with Gasteiger partial charge in [-0.25, -0.2) is 0 Å². The van der Waals surface area contributed by atoms with Gasteiger partial charge < -0.3 is 28.6 Å². The molecule has 0 radical (unpaired) electrons. The summed E-state index contributed by atoms with van der Waals surface area (Å²) in [4.78, 5) is 28.0. The van der Waals surface area contributed by atoms with Crippen LogP contribution in [-0.2, 0) is 16.1 Å². The Morgan fingerprint density at radius 2 is 1.86 bits per heavy atom. The molecule has 8 heteroatoms. The van der Waals surface area contributed by atoms with Crippen molar-refractivity contribution in [2.75, 3.05) is 19.8 Å². The highest BCUT2D eigenvalue weighted by molar-refractivity contribution is 6.46. The summed E-state index contributed by atoms with van der Waals surface area (Å²) < 4.78 is 22.6. The normalized spacial score (nSPS) is 18.5. The van der Waals surface area contributed by atoms with Crippen LogP contribution in [0.2, 0.25) is 0 Å². The van der Waals surface area contributed by atoms with Gasteiger partial charge in [0.15, 0.2) is 11.5 Å². The second-order valence-corrected chi connectivity index (χ2v) is 9.47. The third-order valence-corrected chi connectivity index (χ3v) is 6.40. The van der Waals surface area contributed by atoms with Crippen molar-refractivity contribution in [2.24, 2.45) is 5.92 Å². The lowest BCUT2D eigenvalue weighted by atomic mass is 9.95. The van der Waals surface area contributed by atoms with Crippen molar-refractivity contribution in [3.05, 3.63) is 83.3 Å². The van der Waals surface area contributed by atoms with Crippen LogP contribution in [0.15, 0.2) is 70.9 Å². The zero-order chi connectivity index (χ0) is 25.9. The van der Waals surface area contributed by atoms with E-state index in [0.717, 1.165) is 6.42 Å². The number of hydrogen-bond donors (Lipinski definition) is 1. The van der Waals surface area contributed by atoms with Crippen molar-refractivity contribution in [3.8, 4) is 17.2 Å². The number of rotatable bonds is 8. The van der Waals surface area contributed by atoms with Crippen LogP contribution in [-0.4, -0.2) is 41.5 Å². The number of amides is 1. The number of carbonyl (C=O) groups excluding carboxylic acids is 2. The fourth-order valence-corrected chi connectivity index (χ4v) is 4.49. The molecule has 0 spiro atoms. The number of Topliss-reactive ketones (excluding diaryl/α,β-unsaturated/α-hetero) is 1. The molecule has 1 amide bonds. The molecule has 0 saturated carbocycles. The molecule has 3 heterocycles. The number of fused-ring (bicyclic) bond motifs is 1. The minimum atomic E-state index is -0.841. The Labute approximate surface area is 215 Å². The molecule has 3 aromatic rings. The zero-order valence-electron chi connectivity index (χ0n) is 20.8. The molecule has 0 aliphatic carbocycles. The van der Waals surface area contributed by atoms with Gasteiger partial charge in [-0.3, -0.25) is 9.59 Å². The van der Waals surface area contributed by atoms with Crippen LogP contribution >= 0.6 is 0 Å². The van der Waals surface area contributed by atoms with Gasteiger partial charge in [0.25, 0.3) is 11.7 Å². The van der Waals surface area contributed by atoms with E-state index in [9.17, 15) is 14.7 Å². The molecule has 5 rings (SSSR count). The van der Waals surface area contributed by atoms with Crippen LogP contribution < -0.4 is 14.2 Å². The number of hydrogen-bond acceptors (Lipinski definition) is 7. The van der Waals surface area contributed by atoms with Gasteiger partial charge in [0.1, 0.15) is 30.5 Å². The van der Waals surface area contributed by atoms with E-state index in [1.807, 2.05) is 24.3 Å². The van der Waals surface area contributed by atoms with Gasteiger partial charge in [-0.2, -0.15) is 0 Å². The maximum Gasteiger partial charge on any atom is 0.296 e. The predicted octanol–water partition coefficient (Wildman–Crippen LogP) is 5.10. The summed E-state index contributed by atoms with van der Waals surface area (Å²) in [7, 11) is 0. The first-order chi connectivity index (χ1) is 17.9. The number of aliphatic hydroxyl groups is 1. The van der Waals surface area contributed by atoms with Gasteiger partial charge in [-0.15, -0.1) is 0 Å². The van der Waals surface area contributed by atoms with E-state index in [0.29, 0.717) is 59.9 Å². The fourth-order valence-electron chi connectivity index (χ4n) is 4.49. The Hall–Kier alpha value is -4.20. The van der Waals surface area contributed by atoms with Crippen LogP contribution in [0.4, 0.5) is 0 Å². The lowest BCUT2D eigenvalue weighted by Crippen LogP contribution is -2.29. The maximum absolute atomic E-state index is 13.3. The van der Waals surface area contributed by atoms with Gasteiger partial charge in [0.2, 0.25) is 0 Å². The molecule has 2 aliphatic rings. The summed E-state index contributed by atoms with van der Waals surface area (Å²) in [6, 6.07) is 14.8. The number of carbonyl (C=O) groups is 2. The molecule has 2 aliphatic heterocycles. The Bertz CT molecular complexity index is 1330. The van der Waals surface area contributed by atoms with Gasteiger partial charge in [-0.1, -0.05) is 26.0 Å². The lowest BCUT2D eigenvalue weighted by Gasteiger charge is -2.25. The van der Waals surface area contributed by atoms with Crippen LogP contribution in [0.1, 0.15) is 43.2 Å². The number of furan rings is 1. The number of ketones is 1. The van der Waals surface area contributed by atoms with Crippen molar-refractivity contribution in [1.82, 2.24) is 4.90 Å². The summed E-state index contributed by atoms with van der Waals surface area (Å²) in [5.74, 6) is 0.905. The smallest absolute Gasteiger partial charge is 0.296 e. The van der Waals surface area contributed by atoms with E-state index in [2.05, 4.69) is 13.8 Å². The fraction of sp³-hybridized carbons (Fsp3) is 0.310. The molecule has 1 aromatic heterocycles. The van der Waals surface area contributed by atoms with Crippen LogP contribution in [0.3, 0.4) is 0 Å². The molecule has 0 bridgehead atoms. The average molecular weight is 504 g/mol. The molecular formula is C29H29NO7. The van der Waals surface area contributed by atoms with Gasteiger partial charge >= 0.3 is 0 Å². The third kappa shape index (κ3) is 5.05. The third-order valence-electron chi connectivity index (χ3n) is 6.40. The quantitative estimate of drug-likeness (QED) is 0.259. The first-order valence-electron chi connectivity index (χ1n) is 12.4. The monoisotopic (exact) mass is 503 g/mol. The highest BCUT2D eigenvalue weighted by atomic mass is 16.6. The van der Waals surface area contributed by atoms with Gasteiger partial charge in [-0.05, 0) is 60.4 Å². The summed E-state index contributed by atoms with van der Waals surface area (Å²) >= 11 is 0. The highest BCUT2D eigenvalue weighted by Gasteiger charge is 2.46. The molecule has 1 atom stereocenters. The Balaban J connectivity index is 1.57. The van der Waals surface area contributed by atoms with Crippen molar-refractivity contribution >= 4 is 17.4 Å². The summed E-state index contributed by atoms with van der Waals surface area (Å²) in [6.45, 7) is 5.68. The van der Waals surface area contributed by atoms with E-state index in [4.69, 9.17) is 18.6 Å². The largest absolute Gasteiger partial charge is 0.507 e. The second kappa shape index (κ2) is 10.4. The summed E-state index contributed by atoms with van der Waals surface area (Å²) in [5.41, 5.74) is 0.994. The van der Waals surface area contributed by atoms with Gasteiger partial charge in [0, 0.05) is 5.56 Å². The minimum absolute atomic E-state index is 0.00688. The molecule has 0 unspecified atom stereocenters. The molecule has 192 valence electrons. The Kier molecular flexibility index (Phi) is 6.90. The summed E-state index contributed by atoms with van der Waals surface area (Å²) in [5, 5.41) is 11.4. The highest BCUT2D eigenvalue weighted by Crippen LogP contribution is 2.42. The van der Waals surface area contributed by atoms with E-state index < -0.39 is 17.7 Å². The van der Waals surface area contributed by atoms with Crippen molar-refractivity contribution in [2.45, 2.75) is 32.9 Å². The summed E-state index contributed by atoms with van der Waals surface area (Å²) in [6.07, 6.45) is 2.41. The molecule has 1 fully saturated rings. The first kappa shape index (κ1) is 24.5. The van der Waals surface area contributed by atoms with E-state index in [1.165, 1.54) is 11.2 Å². The lowest BCUT2D eigenvalue weighted by molar-refractivity contribution is -0.140. The number of likely N-dealkylation sites (tertiary alicyclic amines) is 1. The first-order valence-corrected chi connectivity index (χ1v) is 12.4. The molecule has 8 nitrogen and oxygen atoms in total. The minimum Gasteiger partial charge on any atom is -0.507 e. The van der Waals surface area contributed by atoms with Crippen molar-refractivity contribution in [3.63, 3.8) is 0 Å². The van der Waals surface area contributed by atoms with Crippen molar-refractivity contribution in [1.29, 1.82) is 0 Å². The van der Waals surface area contributed by atoms with Crippen LogP contribution in [0, 0.1) is 5.92 Å². The number of aliphatic hydroxyl groups excluding tert-OH is 1. The van der Waals surface area contributed by atoms with E-state index >= 15 is 0 Å². The standard InChI is InChI=1S/C29H29NO7/c1-18(2)10-12-35-21-6-3-5-19(15-21)26-25(28(32)29(33)30(26)17-22-7-4-11-34-22)27(31)20-8-9-23-24(16-20)37-14-13-36-23/h3-9,11,15-16,18,26,31H,10,12-14,17H2,1-2H3/t26-/m1/s1. The van der Waals surface area contributed by atoms with E-state index in [-0.39, 0.29) is 17.9 Å². The van der Waals surface area contributed by atoms with Gasteiger partial charge in [0.05, 0.1) is 31.0 Å². The van der Waals surface area contributed by atoms with Crippen molar-refractivity contribution < 1.29 is 33.3 Å². The number of nitrogens with zero attached hydrogens (tertiary/aromatic N) is 1. The Morgan fingerprint density at radius 1 is 1.05 bits per heavy atom. The topological polar surface area (TPSA) is 98.4 Å². The average Bonchev–Trinajstić information content (AvgIpc) is 3.50. The predicted molar refractivity (Wildman–Crippen MR) is 135 cm³/mol. The second-order valence-electron chi connectivity index (χ2n) is 9.47. The van der Waals surface area contributed by atoms with E-state index in [1.54, 1.807) is 30.3 Å².